The van der Waals surface area contributed by atoms with Gasteiger partial charge < -0.3 is 10.1 Å². The summed E-state index contributed by atoms with van der Waals surface area (Å²) >= 11 is 0. The average molecular weight is 536 g/mol. The molecule has 0 aliphatic carbocycles. The zero-order valence-corrected chi connectivity index (χ0v) is 23.2. The molecule has 40 heavy (non-hydrogen) atoms. The first-order valence-corrected chi connectivity index (χ1v) is 12.8. The van der Waals surface area contributed by atoms with Gasteiger partial charge in [0.05, 0.1) is 39.1 Å². The first-order valence-electron chi connectivity index (χ1n) is 12.8. The average Bonchev–Trinajstić information content (AvgIpc) is 3.16. The van der Waals surface area contributed by atoms with Gasteiger partial charge in [0.1, 0.15) is 11.5 Å². The Morgan fingerprint density at radius 3 is 2.45 bits per heavy atom. The molecule has 5 aromatic rings. The number of nitro groups is 1. The lowest BCUT2D eigenvalue weighted by atomic mass is 10.0. The Kier molecular flexibility index (Phi) is 6.81. The maximum absolute atomic E-state index is 13.7. The van der Waals surface area contributed by atoms with Gasteiger partial charge in [0.15, 0.2) is 0 Å². The van der Waals surface area contributed by atoms with Gasteiger partial charge in [-0.15, -0.1) is 0 Å². The molecule has 0 atom stereocenters. The van der Waals surface area contributed by atoms with E-state index in [4.69, 9.17) is 9.72 Å². The van der Waals surface area contributed by atoms with E-state index in [0.29, 0.717) is 27.9 Å². The van der Waals surface area contributed by atoms with Crippen LogP contribution < -0.4 is 10.1 Å². The molecule has 0 saturated carbocycles. The Balaban J connectivity index is 1.56. The highest BCUT2D eigenvalue weighted by Gasteiger charge is 2.20. The molecule has 2 heterocycles. The molecule has 0 unspecified atom stereocenters. The Labute approximate surface area is 231 Å². The van der Waals surface area contributed by atoms with Crippen molar-refractivity contribution < 1.29 is 14.5 Å². The van der Waals surface area contributed by atoms with Crippen LogP contribution in [0.5, 0.6) is 11.5 Å². The third-order valence-electron chi connectivity index (χ3n) is 7.08. The van der Waals surface area contributed by atoms with Crippen LogP contribution in [0.4, 0.5) is 11.4 Å². The smallest absolute Gasteiger partial charge is 0.275 e. The van der Waals surface area contributed by atoms with Crippen molar-refractivity contribution in [2.24, 2.45) is 7.05 Å². The van der Waals surface area contributed by atoms with E-state index in [1.807, 2.05) is 78.1 Å². The minimum Gasteiger partial charge on any atom is -0.457 e. The molecule has 0 spiro atoms. The fourth-order valence-electron chi connectivity index (χ4n) is 4.89. The van der Waals surface area contributed by atoms with Crippen molar-refractivity contribution in [2.45, 2.75) is 34.6 Å². The number of non-ortho nitro benzene ring substituents is 1. The third-order valence-corrected chi connectivity index (χ3v) is 7.08. The summed E-state index contributed by atoms with van der Waals surface area (Å²) in [5.74, 6) is 0.426. The first-order chi connectivity index (χ1) is 19.0. The van der Waals surface area contributed by atoms with Crippen LogP contribution >= 0.6 is 0 Å². The number of aryl methyl sites for hydroxylation is 4. The molecule has 0 fully saturated rings. The number of para-hydroxylation sites is 1. The molecule has 0 aliphatic rings. The van der Waals surface area contributed by atoms with Crippen LogP contribution in [0.25, 0.3) is 22.2 Å². The molecule has 202 valence electrons. The van der Waals surface area contributed by atoms with Crippen molar-refractivity contribution in [2.75, 3.05) is 5.32 Å². The maximum atomic E-state index is 13.7. The summed E-state index contributed by atoms with van der Waals surface area (Å²) in [6.07, 6.45) is 0. The van der Waals surface area contributed by atoms with Crippen molar-refractivity contribution in [1.82, 2.24) is 14.8 Å². The number of nitrogens with zero attached hydrogens (tertiary/aromatic N) is 4. The molecule has 5 rings (SSSR count). The SMILES string of the molecule is Cc1cc(C)c(C)c(Oc2cc(NC(=O)c3cc(-c4c(C)nn(C)c4C)nc4ccccc34)cc([N+](=O)[O-])c2)c1. The number of ether oxygens (including phenoxy) is 1. The van der Waals surface area contributed by atoms with Crippen LogP contribution in [-0.4, -0.2) is 25.6 Å². The van der Waals surface area contributed by atoms with E-state index in [2.05, 4.69) is 10.4 Å². The summed E-state index contributed by atoms with van der Waals surface area (Å²) in [5, 5.41) is 19.8. The Morgan fingerprint density at radius 1 is 1.00 bits per heavy atom. The maximum Gasteiger partial charge on any atom is 0.275 e. The largest absolute Gasteiger partial charge is 0.457 e. The van der Waals surface area contributed by atoms with Gasteiger partial charge in [0.25, 0.3) is 11.6 Å². The number of carbonyl (C=O) groups is 1. The van der Waals surface area contributed by atoms with Crippen molar-refractivity contribution >= 4 is 28.2 Å². The van der Waals surface area contributed by atoms with E-state index < -0.39 is 10.8 Å². The van der Waals surface area contributed by atoms with Crippen LogP contribution in [0.2, 0.25) is 0 Å². The highest BCUT2D eigenvalue weighted by atomic mass is 16.6. The van der Waals surface area contributed by atoms with Crippen molar-refractivity contribution in [3.8, 4) is 22.8 Å². The molecule has 2 aromatic heterocycles. The van der Waals surface area contributed by atoms with Gasteiger partial charge in [-0.3, -0.25) is 19.6 Å². The number of carbonyl (C=O) groups excluding carboxylic acids is 1. The summed E-state index contributed by atoms with van der Waals surface area (Å²) in [5.41, 5.74) is 7.29. The lowest BCUT2D eigenvalue weighted by molar-refractivity contribution is -0.384. The second kappa shape index (κ2) is 10.3. The number of nitro benzene ring substituents is 1. The number of fused-ring (bicyclic) bond motifs is 1. The van der Waals surface area contributed by atoms with Gasteiger partial charge in [-0.05, 0) is 69.5 Å². The van der Waals surface area contributed by atoms with E-state index in [-0.39, 0.29) is 17.1 Å². The Hall–Kier alpha value is -5.05. The normalized spacial score (nSPS) is 11.1. The van der Waals surface area contributed by atoms with E-state index in [1.165, 1.54) is 12.1 Å². The number of amides is 1. The Bertz CT molecular complexity index is 1820. The number of rotatable bonds is 6. The summed E-state index contributed by atoms with van der Waals surface area (Å²) in [6, 6.07) is 17.3. The van der Waals surface area contributed by atoms with E-state index in [1.54, 1.807) is 16.8 Å². The van der Waals surface area contributed by atoms with Gasteiger partial charge >= 0.3 is 0 Å². The third kappa shape index (κ3) is 5.01. The van der Waals surface area contributed by atoms with Crippen molar-refractivity contribution in [3.63, 3.8) is 0 Å². The predicted octanol–water partition coefficient (Wildman–Crippen LogP) is 7.13. The minimum atomic E-state index is -0.509. The number of hydrogen-bond acceptors (Lipinski definition) is 6. The first kappa shape index (κ1) is 26.6. The van der Waals surface area contributed by atoms with Crippen LogP contribution in [0.3, 0.4) is 0 Å². The molecule has 1 N–H and O–H groups in total. The second-order valence-electron chi connectivity index (χ2n) is 9.98. The molecule has 3 aromatic carbocycles. The Morgan fingerprint density at radius 2 is 1.75 bits per heavy atom. The molecule has 9 heteroatoms. The minimum absolute atomic E-state index is 0.197. The number of benzene rings is 3. The van der Waals surface area contributed by atoms with Gasteiger partial charge in [0.2, 0.25) is 0 Å². The summed E-state index contributed by atoms with van der Waals surface area (Å²) < 4.78 is 7.87. The zero-order valence-electron chi connectivity index (χ0n) is 23.2. The number of nitrogens with one attached hydrogen (secondary N) is 1. The number of hydrogen-bond donors (Lipinski definition) is 1. The van der Waals surface area contributed by atoms with Gasteiger partial charge in [-0.1, -0.05) is 24.3 Å². The lowest BCUT2D eigenvalue weighted by Crippen LogP contribution is -2.13. The molecular formula is C31H29N5O4. The van der Waals surface area contributed by atoms with Crippen molar-refractivity contribution in [3.05, 3.63) is 104 Å². The summed E-state index contributed by atoms with van der Waals surface area (Å²) in [6.45, 7) is 9.73. The monoisotopic (exact) mass is 535 g/mol. The summed E-state index contributed by atoms with van der Waals surface area (Å²) in [4.78, 5) is 29.8. The van der Waals surface area contributed by atoms with E-state index in [9.17, 15) is 14.9 Å². The number of aromatic nitrogens is 3. The second-order valence-corrected chi connectivity index (χ2v) is 9.98. The number of pyridine rings is 1. The van der Waals surface area contributed by atoms with Crippen LogP contribution in [0.15, 0.2) is 60.7 Å². The molecular weight excluding hydrogens is 506 g/mol. The molecule has 1 amide bonds. The molecule has 9 nitrogen and oxygen atoms in total. The van der Waals surface area contributed by atoms with E-state index in [0.717, 1.165) is 33.6 Å². The predicted molar refractivity (Wildman–Crippen MR) is 155 cm³/mol. The number of anilines is 1. The lowest BCUT2D eigenvalue weighted by Gasteiger charge is -2.14. The summed E-state index contributed by atoms with van der Waals surface area (Å²) in [7, 11) is 1.86. The fourth-order valence-corrected chi connectivity index (χ4v) is 4.89. The molecule has 0 radical (unpaired) electrons. The fraction of sp³-hybridized carbons (Fsp3) is 0.194. The molecule has 0 saturated heterocycles. The van der Waals surface area contributed by atoms with Gasteiger partial charge in [0, 0.05) is 35.8 Å². The van der Waals surface area contributed by atoms with Crippen LogP contribution in [0.1, 0.15) is 38.4 Å². The molecule has 0 aliphatic heterocycles. The highest BCUT2D eigenvalue weighted by Crippen LogP contribution is 2.34. The van der Waals surface area contributed by atoms with Crippen LogP contribution in [0, 0.1) is 44.7 Å². The van der Waals surface area contributed by atoms with Gasteiger partial charge in [-0.2, -0.15) is 5.10 Å². The zero-order chi connectivity index (χ0) is 28.7. The highest BCUT2D eigenvalue weighted by molar-refractivity contribution is 6.13. The van der Waals surface area contributed by atoms with Crippen LogP contribution in [-0.2, 0) is 7.05 Å². The van der Waals surface area contributed by atoms with E-state index >= 15 is 0 Å². The molecule has 0 bridgehead atoms. The van der Waals surface area contributed by atoms with Crippen molar-refractivity contribution in [1.29, 1.82) is 0 Å². The topological polar surface area (TPSA) is 112 Å². The standard InChI is InChI=1S/C31H29N5O4/c1-17-11-18(2)19(3)29(12-17)40-24-14-22(13-23(15-24)36(38)39)32-31(37)26-16-28(30-20(4)34-35(6)21(30)5)33-27-10-8-7-9-25(26)27/h7-16H,1-6H3,(H,32,37). The van der Waals surface area contributed by atoms with Gasteiger partial charge in [-0.25, -0.2) is 4.98 Å². The quantitative estimate of drug-likeness (QED) is 0.183.